The molecule has 30 heavy (non-hydrogen) atoms. The number of hydrogen-bond acceptors (Lipinski definition) is 3. The van der Waals surface area contributed by atoms with Crippen molar-refractivity contribution in [1.29, 1.82) is 0 Å². The van der Waals surface area contributed by atoms with Gasteiger partial charge in [-0.05, 0) is 63.4 Å². The van der Waals surface area contributed by atoms with Gasteiger partial charge in [0, 0.05) is 16.7 Å². The molecule has 0 bridgehead atoms. The van der Waals surface area contributed by atoms with Crippen molar-refractivity contribution in [1.82, 2.24) is 4.90 Å². The molecular formula is C25H27N3OS. The molecule has 5 heteroatoms. The predicted octanol–water partition coefficient (Wildman–Crippen LogP) is 5.74. The molecule has 0 N–H and O–H groups in total. The van der Waals surface area contributed by atoms with Gasteiger partial charge in [0.1, 0.15) is 0 Å². The second kappa shape index (κ2) is 8.57. The lowest BCUT2D eigenvalue weighted by Gasteiger charge is -2.36. The highest BCUT2D eigenvalue weighted by Crippen LogP contribution is 2.31. The van der Waals surface area contributed by atoms with E-state index in [-0.39, 0.29) is 11.4 Å². The predicted molar refractivity (Wildman–Crippen MR) is 126 cm³/mol. The van der Waals surface area contributed by atoms with E-state index >= 15 is 0 Å². The Bertz CT molecular complexity index is 993. The third-order valence-corrected chi connectivity index (χ3v) is 5.77. The molecule has 1 saturated carbocycles. The second-order valence-corrected chi connectivity index (χ2v) is 9.66. The summed E-state index contributed by atoms with van der Waals surface area (Å²) in [7, 11) is 0. The SMILES string of the molecule is CC(C)(C)C#Cc1ccc(CN2C(=O)N(c3ccccc3)CSC2=NC2CC2)cc1. The van der Waals surface area contributed by atoms with Crippen LogP contribution in [0.25, 0.3) is 0 Å². The number of para-hydroxylation sites is 1. The lowest BCUT2D eigenvalue weighted by atomic mass is 9.97. The molecule has 2 amide bonds. The Morgan fingerprint density at radius 3 is 2.40 bits per heavy atom. The maximum atomic E-state index is 13.4. The lowest BCUT2D eigenvalue weighted by Crippen LogP contribution is -2.49. The van der Waals surface area contributed by atoms with Crippen molar-refractivity contribution in [2.75, 3.05) is 10.8 Å². The van der Waals surface area contributed by atoms with Crippen LogP contribution in [0.3, 0.4) is 0 Å². The Balaban J connectivity index is 1.55. The summed E-state index contributed by atoms with van der Waals surface area (Å²) >= 11 is 1.64. The van der Waals surface area contributed by atoms with Gasteiger partial charge in [0.25, 0.3) is 0 Å². The molecule has 2 fully saturated rings. The number of amides is 2. The number of amidine groups is 1. The fourth-order valence-electron chi connectivity index (χ4n) is 3.01. The number of nitrogens with zero attached hydrogens (tertiary/aromatic N) is 3. The minimum absolute atomic E-state index is 0.0176. The van der Waals surface area contributed by atoms with Crippen LogP contribution in [-0.2, 0) is 6.54 Å². The van der Waals surface area contributed by atoms with E-state index in [0.717, 1.165) is 34.8 Å². The van der Waals surface area contributed by atoms with E-state index in [9.17, 15) is 4.79 Å². The van der Waals surface area contributed by atoms with Gasteiger partial charge in [-0.3, -0.25) is 14.8 Å². The van der Waals surface area contributed by atoms with Crippen molar-refractivity contribution in [3.63, 3.8) is 0 Å². The first kappa shape index (κ1) is 20.6. The summed E-state index contributed by atoms with van der Waals surface area (Å²) in [5.74, 6) is 7.08. The largest absolute Gasteiger partial charge is 0.331 e. The molecule has 0 unspecified atom stereocenters. The van der Waals surface area contributed by atoms with Gasteiger partial charge >= 0.3 is 6.03 Å². The van der Waals surface area contributed by atoms with Gasteiger partial charge < -0.3 is 0 Å². The van der Waals surface area contributed by atoms with E-state index < -0.39 is 0 Å². The van der Waals surface area contributed by atoms with Gasteiger partial charge in [-0.1, -0.05) is 53.9 Å². The normalized spacial score (nSPS) is 18.4. The van der Waals surface area contributed by atoms with Crippen LogP contribution >= 0.6 is 11.8 Å². The van der Waals surface area contributed by atoms with E-state index in [4.69, 9.17) is 4.99 Å². The minimum Gasteiger partial charge on any atom is -0.284 e. The number of carbonyl (C=O) groups excluding carboxylic acids is 1. The topological polar surface area (TPSA) is 35.9 Å². The van der Waals surface area contributed by atoms with Crippen molar-refractivity contribution in [3.05, 3.63) is 65.7 Å². The molecule has 1 heterocycles. The first-order valence-electron chi connectivity index (χ1n) is 10.4. The van der Waals surface area contributed by atoms with E-state index in [1.165, 1.54) is 0 Å². The van der Waals surface area contributed by atoms with Gasteiger partial charge in [0.05, 0.1) is 18.5 Å². The molecule has 0 radical (unpaired) electrons. The maximum Gasteiger partial charge on any atom is 0.331 e. The van der Waals surface area contributed by atoms with Crippen LogP contribution in [0.2, 0.25) is 0 Å². The van der Waals surface area contributed by atoms with Gasteiger partial charge in [0.2, 0.25) is 0 Å². The number of rotatable bonds is 4. The fourth-order valence-corrected chi connectivity index (χ4v) is 4.04. The van der Waals surface area contributed by atoms with Gasteiger partial charge in [0.15, 0.2) is 5.17 Å². The molecule has 2 aromatic rings. The summed E-state index contributed by atoms with van der Waals surface area (Å²) in [6, 6.07) is 18.4. The van der Waals surface area contributed by atoms with E-state index in [0.29, 0.717) is 18.5 Å². The molecule has 4 rings (SSSR count). The fraction of sp³-hybridized carbons (Fsp3) is 0.360. The zero-order valence-corrected chi connectivity index (χ0v) is 18.6. The average Bonchev–Trinajstić information content (AvgIpc) is 3.54. The lowest BCUT2D eigenvalue weighted by molar-refractivity contribution is 0.226. The van der Waals surface area contributed by atoms with Gasteiger partial charge in [-0.25, -0.2) is 4.79 Å². The van der Waals surface area contributed by atoms with E-state index in [2.05, 4.69) is 44.7 Å². The van der Waals surface area contributed by atoms with Crippen molar-refractivity contribution >= 4 is 28.6 Å². The van der Waals surface area contributed by atoms with Crippen LogP contribution in [0, 0.1) is 17.3 Å². The molecule has 1 aliphatic carbocycles. The summed E-state index contributed by atoms with van der Waals surface area (Å²) in [5, 5.41) is 0.839. The molecular weight excluding hydrogens is 390 g/mol. The van der Waals surface area contributed by atoms with Crippen LogP contribution in [0.15, 0.2) is 59.6 Å². The maximum absolute atomic E-state index is 13.4. The monoisotopic (exact) mass is 417 g/mol. The Kier molecular flexibility index (Phi) is 5.87. The van der Waals surface area contributed by atoms with Crippen molar-refractivity contribution in [2.45, 2.75) is 46.2 Å². The Labute approximate surface area is 183 Å². The number of anilines is 1. The average molecular weight is 418 g/mol. The van der Waals surface area contributed by atoms with Crippen LogP contribution in [0.4, 0.5) is 10.5 Å². The Morgan fingerprint density at radius 1 is 1.07 bits per heavy atom. The third kappa shape index (κ3) is 5.25. The number of urea groups is 1. The quantitative estimate of drug-likeness (QED) is 0.595. The summed E-state index contributed by atoms with van der Waals surface area (Å²) in [4.78, 5) is 21.8. The highest BCUT2D eigenvalue weighted by molar-refractivity contribution is 8.14. The molecule has 1 aliphatic heterocycles. The number of benzene rings is 2. The van der Waals surface area contributed by atoms with Crippen LogP contribution in [0.1, 0.15) is 44.7 Å². The Hall–Kier alpha value is -2.71. The summed E-state index contributed by atoms with van der Waals surface area (Å²) in [5.41, 5.74) is 2.96. The zero-order chi connectivity index (χ0) is 21.1. The summed E-state index contributed by atoms with van der Waals surface area (Å²) in [6.07, 6.45) is 2.24. The molecule has 2 aliphatic rings. The molecule has 0 spiro atoms. The minimum atomic E-state index is -0.0226. The number of aliphatic imine (C=N–C) groups is 1. The smallest absolute Gasteiger partial charge is 0.284 e. The number of hydrogen-bond donors (Lipinski definition) is 0. The summed E-state index contributed by atoms with van der Waals surface area (Å²) in [6.45, 7) is 6.82. The van der Waals surface area contributed by atoms with Crippen molar-refractivity contribution in [2.24, 2.45) is 10.4 Å². The standard InChI is InChI=1S/C25H27N3OS/c1-25(2,3)16-15-19-9-11-20(12-10-19)17-27-23(26-21-13-14-21)30-18-28(24(27)29)22-7-5-4-6-8-22/h4-12,21H,13-14,17-18H2,1-3H3. The zero-order valence-electron chi connectivity index (χ0n) is 17.8. The number of thioether (sulfide) groups is 1. The Morgan fingerprint density at radius 2 is 1.77 bits per heavy atom. The molecule has 0 atom stereocenters. The molecule has 2 aromatic carbocycles. The van der Waals surface area contributed by atoms with Gasteiger partial charge in [-0.2, -0.15) is 0 Å². The first-order valence-corrected chi connectivity index (χ1v) is 11.3. The third-order valence-electron chi connectivity index (χ3n) is 4.80. The van der Waals surface area contributed by atoms with Crippen LogP contribution in [0.5, 0.6) is 0 Å². The number of carbonyl (C=O) groups is 1. The van der Waals surface area contributed by atoms with Gasteiger partial charge in [-0.15, -0.1) is 0 Å². The molecule has 1 saturated heterocycles. The highest BCUT2D eigenvalue weighted by Gasteiger charge is 2.34. The first-order chi connectivity index (χ1) is 14.4. The van der Waals surface area contributed by atoms with Crippen molar-refractivity contribution < 1.29 is 4.79 Å². The van der Waals surface area contributed by atoms with Crippen LogP contribution in [-0.4, -0.2) is 28.0 Å². The molecule has 154 valence electrons. The van der Waals surface area contributed by atoms with Crippen molar-refractivity contribution in [3.8, 4) is 11.8 Å². The molecule has 4 nitrogen and oxygen atoms in total. The second-order valence-electron chi connectivity index (χ2n) is 8.75. The highest BCUT2D eigenvalue weighted by atomic mass is 32.2. The van der Waals surface area contributed by atoms with E-state index in [1.807, 2.05) is 52.3 Å². The van der Waals surface area contributed by atoms with Crippen LogP contribution < -0.4 is 4.90 Å². The summed E-state index contributed by atoms with van der Waals surface area (Å²) < 4.78 is 0. The molecule has 0 aromatic heterocycles. The van der Waals surface area contributed by atoms with E-state index in [1.54, 1.807) is 11.8 Å².